The largest absolute Gasteiger partial charge is 0.461 e. The second kappa shape index (κ2) is 12.0. The van der Waals surface area contributed by atoms with Crippen molar-refractivity contribution in [2.45, 2.75) is 50.4 Å². The molecule has 4 heterocycles. The summed E-state index contributed by atoms with van der Waals surface area (Å²) in [5.74, 6) is 0.859. The third kappa shape index (κ3) is 5.84. The summed E-state index contributed by atoms with van der Waals surface area (Å²) in [6, 6.07) is 12.0. The number of aromatic nitrogens is 2. The fourth-order valence-electron chi connectivity index (χ4n) is 5.95. The lowest BCUT2D eigenvalue weighted by molar-refractivity contribution is -0.00340. The zero-order valence-electron chi connectivity index (χ0n) is 22.9. The van der Waals surface area contributed by atoms with Gasteiger partial charge >= 0.3 is 12.1 Å². The topological polar surface area (TPSA) is 116 Å². The zero-order valence-corrected chi connectivity index (χ0v) is 22.9. The number of benzene rings is 1. The highest BCUT2D eigenvalue weighted by atomic mass is 16.6. The van der Waals surface area contributed by atoms with Gasteiger partial charge in [0, 0.05) is 44.8 Å². The number of hydrogen-bond donors (Lipinski definition) is 1. The number of morpholine rings is 1. The van der Waals surface area contributed by atoms with Gasteiger partial charge in [0.05, 0.1) is 43.0 Å². The standard InChI is InChI=1S/C29H37N7O4/c30-10-6-23-19-34(12-13-36(23)28(37)39-20-22-4-2-1-3-5-22)26-24-7-11-31-18-25(24)32-27(33-26)40-21-29(8-9-29)35-14-16-38-17-15-35/h1-5,23,31H,6-9,11-21H2/t23-/m0/s1. The molecule has 1 aromatic heterocycles. The van der Waals surface area contributed by atoms with Crippen LogP contribution in [0.3, 0.4) is 0 Å². The summed E-state index contributed by atoms with van der Waals surface area (Å²) in [6.07, 6.45) is 2.89. The maximum Gasteiger partial charge on any atom is 0.410 e. The van der Waals surface area contributed by atoms with Gasteiger partial charge < -0.3 is 29.3 Å². The predicted octanol–water partition coefficient (Wildman–Crippen LogP) is 2.11. The number of piperazine rings is 1. The molecule has 212 valence electrons. The lowest BCUT2D eigenvalue weighted by Gasteiger charge is -2.41. The molecular formula is C29H37N7O4. The van der Waals surface area contributed by atoms with Gasteiger partial charge in [0.15, 0.2) is 0 Å². The number of anilines is 1. The normalized spacial score (nSPS) is 22.2. The predicted molar refractivity (Wildman–Crippen MR) is 147 cm³/mol. The Balaban J connectivity index is 1.16. The highest BCUT2D eigenvalue weighted by Gasteiger charge is 2.49. The van der Waals surface area contributed by atoms with Gasteiger partial charge in [-0.2, -0.15) is 15.2 Å². The zero-order chi connectivity index (χ0) is 27.4. The molecule has 40 heavy (non-hydrogen) atoms. The van der Waals surface area contributed by atoms with E-state index in [1.54, 1.807) is 4.90 Å². The van der Waals surface area contributed by atoms with E-state index in [1.165, 1.54) is 0 Å². The van der Waals surface area contributed by atoms with Crippen molar-refractivity contribution in [3.05, 3.63) is 47.2 Å². The molecule has 4 aliphatic rings. The number of carbonyl (C=O) groups is 1. The van der Waals surface area contributed by atoms with E-state index in [-0.39, 0.29) is 30.7 Å². The van der Waals surface area contributed by atoms with Crippen LogP contribution in [0.5, 0.6) is 6.01 Å². The van der Waals surface area contributed by atoms with E-state index >= 15 is 0 Å². The summed E-state index contributed by atoms with van der Waals surface area (Å²) in [5, 5.41) is 13.0. The molecule has 11 heteroatoms. The summed E-state index contributed by atoms with van der Waals surface area (Å²) in [6.45, 7) is 7.25. The molecule has 1 atom stereocenters. The van der Waals surface area contributed by atoms with Gasteiger partial charge in [-0.3, -0.25) is 4.90 Å². The molecule has 6 rings (SSSR count). The van der Waals surface area contributed by atoms with E-state index < -0.39 is 0 Å². The maximum absolute atomic E-state index is 13.0. The van der Waals surface area contributed by atoms with E-state index in [0.29, 0.717) is 38.8 Å². The van der Waals surface area contributed by atoms with Crippen molar-refractivity contribution in [2.24, 2.45) is 0 Å². The average molecular weight is 548 g/mol. The van der Waals surface area contributed by atoms with Gasteiger partial charge in [0.25, 0.3) is 0 Å². The molecule has 1 saturated carbocycles. The highest BCUT2D eigenvalue weighted by molar-refractivity contribution is 5.69. The Morgan fingerprint density at radius 2 is 1.98 bits per heavy atom. The van der Waals surface area contributed by atoms with Crippen molar-refractivity contribution in [3.63, 3.8) is 0 Å². The summed E-state index contributed by atoms with van der Waals surface area (Å²) >= 11 is 0. The molecule has 0 unspecified atom stereocenters. The van der Waals surface area contributed by atoms with Crippen LogP contribution < -0.4 is 15.0 Å². The summed E-state index contributed by atoms with van der Waals surface area (Å²) in [4.78, 5) is 29.1. The fraction of sp³-hybridized carbons (Fsp3) is 0.586. The van der Waals surface area contributed by atoms with Gasteiger partial charge in [-0.05, 0) is 31.4 Å². The van der Waals surface area contributed by atoms with E-state index in [4.69, 9.17) is 24.2 Å². The average Bonchev–Trinajstić information content (AvgIpc) is 3.81. The van der Waals surface area contributed by atoms with Crippen LogP contribution in [0.1, 0.15) is 36.1 Å². The molecule has 2 saturated heterocycles. The molecule has 1 aromatic carbocycles. The van der Waals surface area contributed by atoms with Crippen LogP contribution in [0.25, 0.3) is 0 Å². The first kappa shape index (κ1) is 26.7. The molecule has 2 aromatic rings. The van der Waals surface area contributed by atoms with Crippen molar-refractivity contribution in [1.29, 1.82) is 5.26 Å². The Morgan fingerprint density at radius 3 is 2.75 bits per heavy atom. The number of rotatable bonds is 8. The fourth-order valence-corrected chi connectivity index (χ4v) is 5.95. The first-order chi connectivity index (χ1) is 19.6. The quantitative estimate of drug-likeness (QED) is 0.527. The number of fused-ring (bicyclic) bond motifs is 1. The molecule has 1 aliphatic carbocycles. The first-order valence-corrected chi connectivity index (χ1v) is 14.3. The Hall–Kier alpha value is -3.46. The number of nitrogens with zero attached hydrogens (tertiary/aromatic N) is 6. The van der Waals surface area contributed by atoms with Crippen molar-refractivity contribution < 1.29 is 19.0 Å². The Morgan fingerprint density at radius 1 is 1.15 bits per heavy atom. The third-order valence-electron chi connectivity index (χ3n) is 8.42. The van der Waals surface area contributed by atoms with Gasteiger partial charge in [0.2, 0.25) is 0 Å². The van der Waals surface area contributed by atoms with Crippen molar-refractivity contribution in [3.8, 4) is 12.1 Å². The van der Waals surface area contributed by atoms with E-state index in [9.17, 15) is 10.1 Å². The Kier molecular flexibility index (Phi) is 8.00. The van der Waals surface area contributed by atoms with Crippen LogP contribution in [0.2, 0.25) is 0 Å². The lowest BCUT2D eigenvalue weighted by atomic mass is 10.0. The number of nitriles is 1. The summed E-state index contributed by atoms with van der Waals surface area (Å²) in [7, 11) is 0. The van der Waals surface area contributed by atoms with Crippen LogP contribution in [-0.4, -0.2) is 96.5 Å². The first-order valence-electron chi connectivity index (χ1n) is 14.3. The van der Waals surface area contributed by atoms with Crippen molar-refractivity contribution in [2.75, 3.05) is 64.0 Å². The van der Waals surface area contributed by atoms with Crippen LogP contribution in [-0.2, 0) is 29.0 Å². The van der Waals surface area contributed by atoms with Crippen molar-refractivity contribution in [1.82, 2.24) is 25.1 Å². The number of ether oxygens (including phenoxy) is 3. The maximum atomic E-state index is 13.0. The van der Waals surface area contributed by atoms with Crippen LogP contribution >= 0.6 is 0 Å². The van der Waals surface area contributed by atoms with Gasteiger partial charge in [0.1, 0.15) is 19.0 Å². The lowest BCUT2D eigenvalue weighted by Crippen LogP contribution is -2.55. The minimum atomic E-state index is -0.389. The highest BCUT2D eigenvalue weighted by Crippen LogP contribution is 2.42. The molecule has 3 fully saturated rings. The molecular weight excluding hydrogens is 510 g/mol. The van der Waals surface area contributed by atoms with Crippen molar-refractivity contribution >= 4 is 11.9 Å². The Labute approximate surface area is 235 Å². The second-order valence-corrected chi connectivity index (χ2v) is 11.0. The van der Waals surface area contributed by atoms with Gasteiger partial charge in [-0.1, -0.05) is 30.3 Å². The molecule has 3 aliphatic heterocycles. The van der Waals surface area contributed by atoms with E-state index in [1.807, 2.05) is 30.3 Å². The second-order valence-electron chi connectivity index (χ2n) is 11.0. The smallest absolute Gasteiger partial charge is 0.410 e. The van der Waals surface area contributed by atoms with E-state index in [0.717, 1.165) is 74.7 Å². The molecule has 1 N–H and O–H groups in total. The number of amides is 1. The van der Waals surface area contributed by atoms with Gasteiger partial charge in [-0.25, -0.2) is 4.79 Å². The molecule has 0 spiro atoms. The number of nitrogens with one attached hydrogen (secondary N) is 1. The third-order valence-corrected chi connectivity index (χ3v) is 8.42. The van der Waals surface area contributed by atoms with Crippen LogP contribution in [0.4, 0.5) is 10.6 Å². The molecule has 11 nitrogen and oxygen atoms in total. The Bertz CT molecular complexity index is 1230. The summed E-state index contributed by atoms with van der Waals surface area (Å²) in [5.41, 5.74) is 3.08. The van der Waals surface area contributed by atoms with E-state index in [2.05, 4.69) is 21.2 Å². The summed E-state index contributed by atoms with van der Waals surface area (Å²) < 4.78 is 17.4. The monoisotopic (exact) mass is 547 g/mol. The minimum absolute atomic E-state index is 0.0606. The minimum Gasteiger partial charge on any atom is -0.461 e. The molecule has 1 amide bonds. The van der Waals surface area contributed by atoms with Crippen LogP contribution in [0.15, 0.2) is 30.3 Å². The van der Waals surface area contributed by atoms with Gasteiger partial charge in [-0.15, -0.1) is 0 Å². The number of hydrogen-bond acceptors (Lipinski definition) is 10. The number of carbonyl (C=O) groups excluding carboxylic acids is 1. The molecule has 0 radical (unpaired) electrons. The molecule has 0 bridgehead atoms. The SMILES string of the molecule is N#CC[C@H]1CN(c2nc(OCC3(N4CCOCC4)CC3)nc3c2CCNC3)CCN1C(=O)OCc1ccccc1. The van der Waals surface area contributed by atoms with Crippen LogP contribution in [0, 0.1) is 11.3 Å².